The summed E-state index contributed by atoms with van der Waals surface area (Å²) in [5.41, 5.74) is 1.94. The first-order valence-electron chi connectivity index (χ1n) is 9.72. The molecule has 4 aromatic rings. The van der Waals surface area contributed by atoms with E-state index in [0.717, 1.165) is 53.8 Å². The molecule has 0 saturated carbocycles. The van der Waals surface area contributed by atoms with Gasteiger partial charge in [-0.1, -0.05) is 36.4 Å². The predicted octanol–water partition coefficient (Wildman–Crippen LogP) is 3.37. The van der Waals surface area contributed by atoms with Crippen LogP contribution in [0.5, 0.6) is 0 Å². The number of thiophene rings is 1. The Kier molecular flexibility index (Phi) is 4.83. The summed E-state index contributed by atoms with van der Waals surface area (Å²) in [6.45, 7) is 4.32. The summed E-state index contributed by atoms with van der Waals surface area (Å²) >= 11 is 1.53. The van der Waals surface area contributed by atoms with Crippen molar-refractivity contribution in [1.82, 2.24) is 19.9 Å². The standard InChI is InChI=1S/C22H21N5OS/c28-21-20-17(16-6-2-1-3-7-16)15-29-22(20)25-18(24-21)14-26-10-12-27(13-11-26)19-8-4-5-9-23-19/h1-9,15H,10-14H2,(H,24,25,28). The van der Waals surface area contributed by atoms with E-state index in [1.165, 1.54) is 11.3 Å². The molecule has 1 N–H and O–H groups in total. The molecule has 146 valence electrons. The van der Waals surface area contributed by atoms with Crippen LogP contribution < -0.4 is 10.5 Å². The highest BCUT2D eigenvalue weighted by molar-refractivity contribution is 7.17. The van der Waals surface area contributed by atoms with Gasteiger partial charge in [0, 0.05) is 43.3 Å². The fourth-order valence-electron chi connectivity index (χ4n) is 3.79. The van der Waals surface area contributed by atoms with Gasteiger partial charge in [-0.25, -0.2) is 9.97 Å². The fourth-order valence-corrected chi connectivity index (χ4v) is 4.75. The van der Waals surface area contributed by atoms with Crippen molar-refractivity contribution in [3.63, 3.8) is 0 Å². The van der Waals surface area contributed by atoms with E-state index in [2.05, 4.69) is 19.8 Å². The van der Waals surface area contributed by atoms with Gasteiger partial charge in [-0.3, -0.25) is 9.69 Å². The molecule has 0 amide bonds. The van der Waals surface area contributed by atoms with E-state index >= 15 is 0 Å². The van der Waals surface area contributed by atoms with Gasteiger partial charge in [-0.15, -0.1) is 11.3 Å². The minimum Gasteiger partial charge on any atom is -0.354 e. The smallest absolute Gasteiger partial charge is 0.260 e. The number of anilines is 1. The number of hydrogen-bond acceptors (Lipinski definition) is 6. The average Bonchev–Trinajstić information content (AvgIpc) is 3.20. The molecule has 3 aromatic heterocycles. The second-order valence-corrected chi connectivity index (χ2v) is 8.02. The summed E-state index contributed by atoms with van der Waals surface area (Å²) in [4.78, 5) is 30.4. The lowest BCUT2D eigenvalue weighted by Gasteiger charge is -2.35. The molecule has 6 nitrogen and oxygen atoms in total. The average molecular weight is 404 g/mol. The van der Waals surface area contributed by atoms with E-state index in [9.17, 15) is 4.79 Å². The fraction of sp³-hybridized carbons (Fsp3) is 0.227. The number of hydrogen-bond donors (Lipinski definition) is 1. The summed E-state index contributed by atoms with van der Waals surface area (Å²) in [6, 6.07) is 16.0. The Morgan fingerprint density at radius 2 is 1.79 bits per heavy atom. The number of pyridine rings is 1. The molecule has 29 heavy (non-hydrogen) atoms. The molecule has 1 fully saturated rings. The first kappa shape index (κ1) is 18.0. The number of nitrogens with zero attached hydrogens (tertiary/aromatic N) is 4. The van der Waals surface area contributed by atoms with Crippen LogP contribution in [0, 0.1) is 0 Å². The molecule has 1 aliphatic rings. The van der Waals surface area contributed by atoms with E-state index in [0.29, 0.717) is 11.9 Å². The van der Waals surface area contributed by atoms with Crippen LogP contribution in [-0.4, -0.2) is 46.0 Å². The van der Waals surface area contributed by atoms with Gasteiger partial charge >= 0.3 is 0 Å². The van der Waals surface area contributed by atoms with Crippen molar-refractivity contribution in [2.45, 2.75) is 6.54 Å². The van der Waals surface area contributed by atoms with Crippen LogP contribution in [0.3, 0.4) is 0 Å². The first-order valence-corrected chi connectivity index (χ1v) is 10.6. The molecular formula is C22H21N5OS. The van der Waals surface area contributed by atoms with E-state index in [1.54, 1.807) is 0 Å². The maximum absolute atomic E-state index is 12.8. The molecule has 0 unspecified atom stereocenters. The second kappa shape index (κ2) is 7.77. The molecule has 0 radical (unpaired) electrons. The van der Waals surface area contributed by atoms with Crippen molar-refractivity contribution >= 4 is 27.4 Å². The molecular weight excluding hydrogens is 382 g/mol. The van der Waals surface area contributed by atoms with Crippen molar-refractivity contribution in [1.29, 1.82) is 0 Å². The Balaban J connectivity index is 1.33. The van der Waals surface area contributed by atoms with E-state index in [4.69, 9.17) is 4.98 Å². The molecule has 0 spiro atoms. The normalized spacial score (nSPS) is 15.1. The quantitative estimate of drug-likeness (QED) is 0.566. The van der Waals surface area contributed by atoms with Crippen LogP contribution in [-0.2, 0) is 6.54 Å². The lowest BCUT2D eigenvalue weighted by Crippen LogP contribution is -2.46. The SMILES string of the molecule is O=c1[nH]c(CN2CCN(c3ccccn3)CC2)nc2scc(-c3ccccc3)c12. The van der Waals surface area contributed by atoms with Gasteiger partial charge < -0.3 is 9.88 Å². The van der Waals surface area contributed by atoms with Gasteiger partial charge in [0.25, 0.3) is 5.56 Å². The highest BCUT2D eigenvalue weighted by Gasteiger charge is 2.19. The second-order valence-electron chi connectivity index (χ2n) is 7.16. The monoisotopic (exact) mass is 403 g/mol. The van der Waals surface area contributed by atoms with Gasteiger partial charge in [-0.05, 0) is 17.7 Å². The number of benzene rings is 1. The Bertz CT molecular complexity index is 1160. The predicted molar refractivity (Wildman–Crippen MR) is 117 cm³/mol. The number of nitrogens with one attached hydrogen (secondary N) is 1. The molecule has 0 atom stereocenters. The third kappa shape index (κ3) is 3.66. The van der Waals surface area contributed by atoms with E-state index in [-0.39, 0.29) is 5.56 Å². The first-order chi connectivity index (χ1) is 14.3. The van der Waals surface area contributed by atoms with Crippen molar-refractivity contribution < 1.29 is 0 Å². The molecule has 1 saturated heterocycles. The third-order valence-electron chi connectivity index (χ3n) is 5.30. The van der Waals surface area contributed by atoms with Crippen LogP contribution in [0.1, 0.15) is 5.82 Å². The highest BCUT2D eigenvalue weighted by Crippen LogP contribution is 2.30. The van der Waals surface area contributed by atoms with Gasteiger partial charge in [0.2, 0.25) is 0 Å². The lowest BCUT2D eigenvalue weighted by molar-refractivity contribution is 0.243. The Hall–Kier alpha value is -3.03. The maximum atomic E-state index is 12.8. The number of rotatable bonds is 4. The summed E-state index contributed by atoms with van der Waals surface area (Å²) < 4.78 is 0. The lowest BCUT2D eigenvalue weighted by atomic mass is 10.1. The zero-order chi connectivity index (χ0) is 19.6. The summed E-state index contributed by atoms with van der Waals surface area (Å²) in [5, 5.41) is 2.71. The van der Waals surface area contributed by atoms with Crippen molar-refractivity contribution in [3.05, 3.63) is 76.3 Å². The number of aromatic amines is 1. The Morgan fingerprint density at radius 3 is 2.55 bits per heavy atom. The van der Waals surface area contributed by atoms with Gasteiger partial charge in [0.15, 0.2) is 0 Å². The zero-order valence-electron chi connectivity index (χ0n) is 15.9. The van der Waals surface area contributed by atoms with Gasteiger partial charge in [0.1, 0.15) is 16.5 Å². The minimum absolute atomic E-state index is 0.0581. The zero-order valence-corrected chi connectivity index (χ0v) is 16.7. The van der Waals surface area contributed by atoms with Crippen LogP contribution in [0.2, 0.25) is 0 Å². The van der Waals surface area contributed by atoms with Gasteiger partial charge in [-0.2, -0.15) is 0 Å². The van der Waals surface area contributed by atoms with Crippen LogP contribution in [0.4, 0.5) is 5.82 Å². The van der Waals surface area contributed by atoms with E-state index in [1.807, 2.05) is 60.1 Å². The van der Waals surface area contributed by atoms with Crippen LogP contribution in [0.25, 0.3) is 21.3 Å². The van der Waals surface area contributed by atoms with Gasteiger partial charge in [0.05, 0.1) is 11.9 Å². The Morgan fingerprint density at radius 1 is 1.00 bits per heavy atom. The molecule has 7 heteroatoms. The van der Waals surface area contributed by atoms with Crippen molar-refractivity contribution in [2.24, 2.45) is 0 Å². The number of piperazine rings is 1. The summed E-state index contributed by atoms with van der Waals surface area (Å²) in [7, 11) is 0. The summed E-state index contributed by atoms with van der Waals surface area (Å²) in [6.07, 6.45) is 1.83. The summed E-state index contributed by atoms with van der Waals surface area (Å²) in [5.74, 6) is 1.75. The molecule has 0 aliphatic carbocycles. The molecule has 4 heterocycles. The van der Waals surface area contributed by atoms with Crippen molar-refractivity contribution in [3.8, 4) is 11.1 Å². The van der Waals surface area contributed by atoms with Crippen LogP contribution in [0.15, 0.2) is 64.9 Å². The van der Waals surface area contributed by atoms with Crippen molar-refractivity contribution in [2.75, 3.05) is 31.1 Å². The Labute approximate surface area is 172 Å². The largest absolute Gasteiger partial charge is 0.354 e. The molecule has 0 bridgehead atoms. The van der Waals surface area contributed by atoms with E-state index < -0.39 is 0 Å². The highest BCUT2D eigenvalue weighted by atomic mass is 32.1. The minimum atomic E-state index is -0.0581. The molecule has 1 aromatic carbocycles. The molecule has 1 aliphatic heterocycles. The number of fused-ring (bicyclic) bond motifs is 1. The number of H-pyrrole nitrogens is 1. The molecule has 5 rings (SSSR count). The van der Waals surface area contributed by atoms with Crippen LogP contribution >= 0.6 is 11.3 Å². The third-order valence-corrected chi connectivity index (χ3v) is 6.17. The number of aromatic nitrogens is 3. The topological polar surface area (TPSA) is 65.1 Å². The maximum Gasteiger partial charge on any atom is 0.260 e.